The van der Waals surface area contributed by atoms with E-state index in [1.807, 2.05) is 36.3 Å². The van der Waals surface area contributed by atoms with E-state index < -0.39 is 0 Å². The van der Waals surface area contributed by atoms with E-state index in [9.17, 15) is 0 Å². The molecule has 1 aliphatic rings. The van der Waals surface area contributed by atoms with Gasteiger partial charge >= 0.3 is 0 Å². The molecule has 0 unspecified atom stereocenters. The quantitative estimate of drug-likeness (QED) is 0.302. The highest BCUT2D eigenvalue weighted by Crippen LogP contribution is 2.49. The van der Waals surface area contributed by atoms with Gasteiger partial charge in [0.1, 0.15) is 0 Å². The second-order valence-corrected chi connectivity index (χ2v) is 8.52. The Labute approximate surface area is 185 Å². The van der Waals surface area contributed by atoms with Crippen LogP contribution < -0.4 is 0 Å². The molecular formula is C28H18N2S. The highest BCUT2D eigenvalue weighted by atomic mass is 32.2. The molecule has 0 spiro atoms. The van der Waals surface area contributed by atoms with Crippen LogP contribution in [0.15, 0.2) is 119 Å². The highest BCUT2D eigenvalue weighted by Gasteiger charge is 2.26. The second-order valence-electron chi connectivity index (χ2n) is 7.44. The summed E-state index contributed by atoms with van der Waals surface area (Å²) in [5, 5.41) is 2.31. The molecule has 3 aromatic carbocycles. The van der Waals surface area contributed by atoms with Crippen LogP contribution in [0.2, 0.25) is 0 Å². The summed E-state index contributed by atoms with van der Waals surface area (Å²) in [4.78, 5) is 12.2. The van der Waals surface area contributed by atoms with Crippen molar-refractivity contribution in [1.82, 2.24) is 9.97 Å². The lowest BCUT2D eigenvalue weighted by molar-refractivity contribution is 1.22. The van der Waals surface area contributed by atoms with Crippen LogP contribution in [0.25, 0.3) is 21.9 Å². The monoisotopic (exact) mass is 414 g/mol. The van der Waals surface area contributed by atoms with E-state index >= 15 is 0 Å². The molecule has 3 heterocycles. The van der Waals surface area contributed by atoms with E-state index in [0.717, 1.165) is 22.3 Å². The van der Waals surface area contributed by atoms with E-state index in [0.29, 0.717) is 0 Å². The minimum atomic E-state index is 0.929. The van der Waals surface area contributed by atoms with Gasteiger partial charge in [-0.3, -0.25) is 9.97 Å². The molecular weight excluding hydrogens is 396 g/mol. The molecule has 2 nitrogen and oxygen atoms in total. The largest absolute Gasteiger partial charge is 0.256 e. The molecule has 1 aliphatic heterocycles. The van der Waals surface area contributed by atoms with Gasteiger partial charge < -0.3 is 0 Å². The van der Waals surface area contributed by atoms with Crippen LogP contribution in [0.5, 0.6) is 0 Å². The van der Waals surface area contributed by atoms with Gasteiger partial charge in [-0.15, -0.1) is 0 Å². The fourth-order valence-electron chi connectivity index (χ4n) is 4.25. The molecule has 0 N–H and O–H groups in total. The van der Waals surface area contributed by atoms with Crippen LogP contribution in [-0.2, 0) is 0 Å². The number of hydrogen-bond donors (Lipinski definition) is 0. The Morgan fingerprint density at radius 1 is 0.581 bits per heavy atom. The predicted octanol–water partition coefficient (Wildman–Crippen LogP) is 7.10. The van der Waals surface area contributed by atoms with Crippen molar-refractivity contribution in [3.63, 3.8) is 0 Å². The molecule has 2 aromatic heterocycles. The molecule has 5 aromatic rings. The number of pyridine rings is 2. The molecule has 0 bridgehead atoms. The average Bonchev–Trinajstić information content (AvgIpc) is 2.84. The van der Waals surface area contributed by atoms with Crippen molar-refractivity contribution < 1.29 is 0 Å². The van der Waals surface area contributed by atoms with Crippen molar-refractivity contribution in [3.05, 3.63) is 132 Å². The number of benzene rings is 3. The van der Waals surface area contributed by atoms with Gasteiger partial charge in [0.2, 0.25) is 0 Å². The Kier molecular flexibility index (Phi) is 4.40. The number of hydrogen-bond acceptors (Lipinski definition) is 3. The SMILES string of the molecule is c1ccc(C(=C2c3ccccc3Sc3ccccc32)c2nccc3ccccc23)nc1. The molecule has 6 rings (SSSR count). The van der Waals surface area contributed by atoms with Gasteiger partial charge in [-0.2, -0.15) is 0 Å². The lowest BCUT2D eigenvalue weighted by atomic mass is 9.87. The highest BCUT2D eigenvalue weighted by molar-refractivity contribution is 7.99. The summed E-state index contributed by atoms with van der Waals surface area (Å²) in [7, 11) is 0. The topological polar surface area (TPSA) is 25.8 Å². The number of rotatable bonds is 2. The Balaban J connectivity index is 1.80. The summed E-state index contributed by atoms with van der Waals surface area (Å²) in [6, 6.07) is 33.8. The van der Waals surface area contributed by atoms with Crippen molar-refractivity contribution in [2.75, 3.05) is 0 Å². The molecule has 0 aliphatic carbocycles. The first kappa shape index (κ1) is 18.1. The number of aromatic nitrogens is 2. The Morgan fingerprint density at radius 2 is 1.26 bits per heavy atom. The summed E-state index contributed by atoms with van der Waals surface area (Å²) in [6.07, 6.45) is 3.76. The Bertz CT molecular complexity index is 1400. The van der Waals surface area contributed by atoms with Gasteiger partial charge in [0.15, 0.2) is 0 Å². The first-order valence-corrected chi connectivity index (χ1v) is 11.1. The van der Waals surface area contributed by atoms with Crippen LogP contribution >= 0.6 is 11.8 Å². The van der Waals surface area contributed by atoms with Gasteiger partial charge in [-0.25, -0.2) is 0 Å². The summed E-state index contributed by atoms with van der Waals surface area (Å²) in [5.41, 5.74) is 6.59. The van der Waals surface area contributed by atoms with Crippen molar-refractivity contribution >= 4 is 33.7 Å². The zero-order valence-corrected chi connectivity index (χ0v) is 17.5. The standard InChI is InChI=1S/C28H18N2S/c1-2-10-20-19(9-1)16-18-30-28(20)27(23-13-7-8-17-29-23)26-21-11-3-5-14-24(21)31-25-15-6-4-12-22(25)26/h1-18H. The van der Waals surface area contributed by atoms with Crippen molar-refractivity contribution in [2.45, 2.75) is 9.79 Å². The molecule has 0 amide bonds. The molecule has 0 radical (unpaired) electrons. The van der Waals surface area contributed by atoms with E-state index in [2.05, 4.69) is 84.9 Å². The van der Waals surface area contributed by atoms with Crippen LogP contribution in [0, 0.1) is 0 Å². The third kappa shape index (κ3) is 3.06. The molecule has 3 heteroatoms. The van der Waals surface area contributed by atoms with Gasteiger partial charge in [0, 0.05) is 38.7 Å². The van der Waals surface area contributed by atoms with E-state index in [1.165, 1.54) is 31.9 Å². The van der Waals surface area contributed by atoms with E-state index in [-0.39, 0.29) is 0 Å². The molecule has 0 saturated carbocycles. The van der Waals surface area contributed by atoms with Crippen LogP contribution in [0.4, 0.5) is 0 Å². The first-order valence-electron chi connectivity index (χ1n) is 10.3. The summed E-state index contributed by atoms with van der Waals surface area (Å²) in [5.74, 6) is 0. The lowest BCUT2D eigenvalue weighted by Gasteiger charge is -2.25. The van der Waals surface area contributed by atoms with Gasteiger partial charge in [0.25, 0.3) is 0 Å². The predicted molar refractivity (Wildman–Crippen MR) is 128 cm³/mol. The van der Waals surface area contributed by atoms with Crippen LogP contribution in [-0.4, -0.2) is 9.97 Å². The fourth-order valence-corrected chi connectivity index (χ4v) is 5.34. The maximum atomic E-state index is 4.90. The Hall–Kier alpha value is -3.69. The maximum Gasteiger partial charge on any atom is 0.0808 e. The second kappa shape index (κ2) is 7.53. The smallest absolute Gasteiger partial charge is 0.0808 e. The molecule has 0 fully saturated rings. The summed E-state index contributed by atoms with van der Waals surface area (Å²) < 4.78 is 0. The third-order valence-electron chi connectivity index (χ3n) is 5.61. The molecule has 146 valence electrons. The number of fused-ring (bicyclic) bond motifs is 3. The van der Waals surface area contributed by atoms with Crippen molar-refractivity contribution in [1.29, 1.82) is 0 Å². The van der Waals surface area contributed by atoms with Gasteiger partial charge in [0.05, 0.1) is 11.4 Å². The molecule has 31 heavy (non-hydrogen) atoms. The van der Waals surface area contributed by atoms with Crippen LogP contribution in [0.3, 0.4) is 0 Å². The number of nitrogens with zero attached hydrogens (tertiary/aromatic N) is 2. The zero-order valence-electron chi connectivity index (χ0n) is 16.7. The minimum Gasteiger partial charge on any atom is -0.256 e. The summed E-state index contributed by atoms with van der Waals surface area (Å²) >= 11 is 1.82. The minimum absolute atomic E-state index is 0.929. The third-order valence-corrected chi connectivity index (χ3v) is 6.77. The van der Waals surface area contributed by atoms with Crippen LogP contribution in [0.1, 0.15) is 22.5 Å². The van der Waals surface area contributed by atoms with Gasteiger partial charge in [-0.05, 0) is 46.8 Å². The van der Waals surface area contributed by atoms with E-state index in [4.69, 9.17) is 9.97 Å². The van der Waals surface area contributed by atoms with Crippen molar-refractivity contribution in [2.24, 2.45) is 0 Å². The fraction of sp³-hybridized carbons (Fsp3) is 0. The normalized spacial score (nSPS) is 12.3. The zero-order chi connectivity index (χ0) is 20.6. The summed E-state index contributed by atoms with van der Waals surface area (Å²) in [6.45, 7) is 0. The van der Waals surface area contributed by atoms with E-state index in [1.54, 1.807) is 0 Å². The molecule has 0 atom stereocenters. The average molecular weight is 415 g/mol. The Morgan fingerprint density at radius 3 is 2.00 bits per heavy atom. The molecule has 0 saturated heterocycles. The van der Waals surface area contributed by atoms with Crippen molar-refractivity contribution in [3.8, 4) is 0 Å². The lowest BCUT2D eigenvalue weighted by Crippen LogP contribution is -2.05. The maximum absolute atomic E-state index is 4.90. The van der Waals surface area contributed by atoms with Gasteiger partial charge in [-0.1, -0.05) is 78.5 Å². The first-order chi connectivity index (χ1) is 15.4.